The zero-order valence-corrected chi connectivity index (χ0v) is 11.8. The Balaban J connectivity index is 1.51. The van der Waals surface area contributed by atoms with Gasteiger partial charge in [-0.2, -0.15) is 0 Å². The van der Waals surface area contributed by atoms with Gasteiger partial charge >= 0.3 is 0 Å². The Kier molecular flexibility index (Phi) is 3.96. The fourth-order valence-corrected chi connectivity index (χ4v) is 2.85. The van der Waals surface area contributed by atoms with Crippen LogP contribution < -0.4 is 5.32 Å². The molecule has 108 valence electrons. The predicted molar refractivity (Wildman–Crippen MR) is 75.5 cm³/mol. The lowest BCUT2D eigenvalue weighted by molar-refractivity contribution is -0.123. The molecule has 5 heteroatoms. The minimum atomic E-state index is -0.386. The van der Waals surface area contributed by atoms with E-state index in [1.807, 2.05) is 12.1 Å². The summed E-state index contributed by atoms with van der Waals surface area (Å²) in [7, 11) is 0. The van der Waals surface area contributed by atoms with Crippen molar-refractivity contribution in [1.82, 2.24) is 5.32 Å². The van der Waals surface area contributed by atoms with Crippen LogP contribution in [0.25, 0.3) is 0 Å². The van der Waals surface area contributed by atoms with Crippen LogP contribution in [0.1, 0.15) is 37.4 Å². The number of hydrogen-bond donors (Lipinski definition) is 2. The molecule has 0 radical (unpaired) electrons. The fourth-order valence-electron chi connectivity index (χ4n) is 2.72. The molecule has 2 atom stereocenters. The van der Waals surface area contributed by atoms with Gasteiger partial charge in [-0.25, -0.2) is 0 Å². The number of halogens is 1. The number of nitrogens with one attached hydrogen (secondary N) is 1. The second-order valence-corrected chi connectivity index (χ2v) is 5.98. The number of epoxide rings is 1. The Labute approximate surface area is 123 Å². The summed E-state index contributed by atoms with van der Waals surface area (Å²) >= 11 is 5.84. The average molecular weight is 296 g/mol. The van der Waals surface area contributed by atoms with Crippen LogP contribution in [0, 0.1) is 0 Å². The lowest BCUT2D eigenvalue weighted by atomic mass is 9.93. The van der Waals surface area contributed by atoms with E-state index in [1.165, 1.54) is 0 Å². The SMILES string of the molecule is O=C(NC1CCC(O)CC1)[C@@H]1O[C@H]1c1ccc(Cl)cc1. The zero-order valence-electron chi connectivity index (χ0n) is 11.1. The van der Waals surface area contributed by atoms with Gasteiger partial charge in [0.2, 0.25) is 0 Å². The molecule has 1 saturated heterocycles. The normalized spacial score (nSPS) is 32.7. The van der Waals surface area contributed by atoms with Gasteiger partial charge in [0, 0.05) is 11.1 Å². The first-order valence-electron chi connectivity index (χ1n) is 7.03. The summed E-state index contributed by atoms with van der Waals surface area (Å²) in [5.41, 5.74) is 0.980. The second-order valence-electron chi connectivity index (χ2n) is 5.54. The molecule has 1 amide bonds. The van der Waals surface area contributed by atoms with Crippen LogP contribution in [-0.2, 0) is 9.53 Å². The van der Waals surface area contributed by atoms with E-state index in [-0.39, 0.29) is 30.3 Å². The minimum absolute atomic E-state index is 0.0497. The highest BCUT2D eigenvalue weighted by Crippen LogP contribution is 2.39. The van der Waals surface area contributed by atoms with Crippen molar-refractivity contribution < 1.29 is 14.6 Å². The number of ether oxygens (including phenoxy) is 1. The molecule has 1 aromatic rings. The Hall–Kier alpha value is -1.10. The average Bonchev–Trinajstić information content (AvgIpc) is 3.23. The summed E-state index contributed by atoms with van der Waals surface area (Å²) in [6.07, 6.45) is 2.46. The first-order valence-corrected chi connectivity index (χ1v) is 7.40. The van der Waals surface area contributed by atoms with E-state index in [2.05, 4.69) is 5.32 Å². The van der Waals surface area contributed by atoms with Crippen LogP contribution in [0.3, 0.4) is 0 Å². The Morgan fingerprint density at radius 1 is 1.20 bits per heavy atom. The quantitative estimate of drug-likeness (QED) is 0.840. The van der Waals surface area contributed by atoms with Crippen LogP contribution in [-0.4, -0.2) is 29.3 Å². The van der Waals surface area contributed by atoms with Crippen LogP contribution in [0.15, 0.2) is 24.3 Å². The maximum atomic E-state index is 12.1. The first kappa shape index (κ1) is 13.9. The molecule has 4 nitrogen and oxygen atoms in total. The van der Waals surface area contributed by atoms with Crippen molar-refractivity contribution in [3.05, 3.63) is 34.9 Å². The molecule has 3 rings (SSSR count). The third kappa shape index (κ3) is 3.14. The smallest absolute Gasteiger partial charge is 0.252 e. The Morgan fingerprint density at radius 3 is 2.50 bits per heavy atom. The first-order chi connectivity index (χ1) is 9.63. The molecule has 20 heavy (non-hydrogen) atoms. The summed E-state index contributed by atoms with van der Waals surface area (Å²) in [4.78, 5) is 12.1. The van der Waals surface area contributed by atoms with E-state index in [0.29, 0.717) is 5.02 Å². The van der Waals surface area contributed by atoms with Crippen molar-refractivity contribution in [3.63, 3.8) is 0 Å². The van der Waals surface area contributed by atoms with Crippen LogP contribution >= 0.6 is 11.6 Å². The largest absolute Gasteiger partial charge is 0.393 e. The van der Waals surface area contributed by atoms with Gasteiger partial charge in [0.1, 0.15) is 6.10 Å². The van der Waals surface area contributed by atoms with E-state index >= 15 is 0 Å². The molecule has 2 N–H and O–H groups in total. The van der Waals surface area contributed by atoms with Gasteiger partial charge in [-0.15, -0.1) is 0 Å². The lowest BCUT2D eigenvalue weighted by Gasteiger charge is -2.25. The van der Waals surface area contributed by atoms with Gasteiger partial charge in [-0.3, -0.25) is 4.79 Å². The fraction of sp³-hybridized carbons (Fsp3) is 0.533. The molecule has 1 saturated carbocycles. The second kappa shape index (κ2) is 5.72. The number of carbonyl (C=O) groups is 1. The van der Waals surface area contributed by atoms with Crippen molar-refractivity contribution in [2.75, 3.05) is 0 Å². The maximum absolute atomic E-state index is 12.1. The van der Waals surface area contributed by atoms with Crippen molar-refractivity contribution in [2.45, 2.75) is 50.0 Å². The molecule has 2 fully saturated rings. The van der Waals surface area contributed by atoms with E-state index < -0.39 is 0 Å². The molecule has 0 bridgehead atoms. The van der Waals surface area contributed by atoms with Gasteiger partial charge in [0.15, 0.2) is 6.10 Å². The summed E-state index contributed by atoms with van der Waals surface area (Å²) in [6, 6.07) is 7.54. The zero-order chi connectivity index (χ0) is 14.1. The van der Waals surface area contributed by atoms with Gasteiger partial charge < -0.3 is 15.2 Å². The third-order valence-corrected chi connectivity index (χ3v) is 4.24. The number of hydrogen-bond acceptors (Lipinski definition) is 3. The van der Waals surface area contributed by atoms with E-state index in [1.54, 1.807) is 12.1 Å². The van der Waals surface area contributed by atoms with Gasteiger partial charge in [0.05, 0.1) is 6.10 Å². The molecule has 0 aromatic heterocycles. The van der Waals surface area contributed by atoms with Gasteiger partial charge in [-0.1, -0.05) is 23.7 Å². The predicted octanol–water partition coefficient (Wildman–Crippen LogP) is 2.20. The highest BCUT2D eigenvalue weighted by atomic mass is 35.5. The Bertz CT molecular complexity index is 482. The van der Waals surface area contributed by atoms with E-state index in [9.17, 15) is 9.90 Å². The van der Waals surface area contributed by atoms with Crippen LogP contribution in [0.4, 0.5) is 0 Å². The molecular weight excluding hydrogens is 278 g/mol. The number of amides is 1. The van der Waals surface area contributed by atoms with Crippen LogP contribution in [0.2, 0.25) is 5.02 Å². The van der Waals surface area contributed by atoms with Crippen molar-refractivity contribution in [2.24, 2.45) is 0 Å². The summed E-state index contributed by atoms with van der Waals surface area (Å²) in [5.74, 6) is -0.0497. The molecule has 0 spiro atoms. The number of carbonyl (C=O) groups excluding carboxylic acids is 1. The molecule has 0 unspecified atom stereocenters. The number of aliphatic hydroxyl groups is 1. The highest BCUT2D eigenvalue weighted by molar-refractivity contribution is 6.30. The summed E-state index contributed by atoms with van der Waals surface area (Å²) in [6.45, 7) is 0. The monoisotopic (exact) mass is 295 g/mol. The Morgan fingerprint density at radius 2 is 1.85 bits per heavy atom. The molecule has 1 aromatic carbocycles. The van der Waals surface area contributed by atoms with Crippen LogP contribution in [0.5, 0.6) is 0 Å². The highest BCUT2D eigenvalue weighted by Gasteiger charge is 2.46. The number of rotatable bonds is 3. The summed E-state index contributed by atoms with van der Waals surface area (Å²) in [5, 5.41) is 13.1. The summed E-state index contributed by atoms with van der Waals surface area (Å²) < 4.78 is 5.46. The molecular formula is C15H18ClNO3. The lowest BCUT2D eigenvalue weighted by Crippen LogP contribution is -2.40. The molecule has 1 aliphatic carbocycles. The van der Waals surface area contributed by atoms with Gasteiger partial charge in [0.25, 0.3) is 5.91 Å². The van der Waals surface area contributed by atoms with Gasteiger partial charge in [-0.05, 0) is 43.4 Å². The number of aliphatic hydroxyl groups excluding tert-OH is 1. The van der Waals surface area contributed by atoms with Crippen molar-refractivity contribution in [3.8, 4) is 0 Å². The van der Waals surface area contributed by atoms with E-state index in [4.69, 9.17) is 16.3 Å². The molecule has 1 aliphatic heterocycles. The molecule has 1 heterocycles. The van der Waals surface area contributed by atoms with Crippen molar-refractivity contribution in [1.29, 1.82) is 0 Å². The molecule has 2 aliphatic rings. The maximum Gasteiger partial charge on any atom is 0.252 e. The minimum Gasteiger partial charge on any atom is -0.393 e. The van der Waals surface area contributed by atoms with Crippen molar-refractivity contribution >= 4 is 17.5 Å². The topological polar surface area (TPSA) is 61.9 Å². The number of benzene rings is 1. The standard InChI is InChI=1S/C15H18ClNO3/c16-10-3-1-9(2-4-10)13-14(20-13)15(19)17-11-5-7-12(18)8-6-11/h1-4,11-14,18H,5-8H2,(H,17,19)/t11?,12?,13-,14+/m0/s1. The van der Waals surface area contributed by atoms with E-state index in [0.717, 1.165) is 31.2 Å². The third-order valence-electron chi connectivity index (χ3n) is 3.99.